The highest BCUT2D eigenvalue weighted by atomic mass is 19.1. The SMILES string of the molecule is O=C(Cn1cnc(C2CC2)cc1=O)N1CCCC(Oc2ncc(F)cn2)C1. The number of hydrogen-bond acceptors (Lipinski definition) is 6. The number of piperidine rings is 1. The molecule has 0 spiro atoms. The Morgan fingerprint density at radius 1 is 1.22 bits per heavy atom. The van der Waals surface area contributed by atoms with Crippen LogP contribution in [0.5, 0.6) is 6.01 Å². The normalized spacial score (nSPS) is 19.7. The Balaban J connectivity index is 1.36. The van der Waals surface area contributed by atoms with Gasteiger partial charge in [0.25, 0.3) is 5.56 Å². The first-order chi connectivity index (χ1) is 13.1. The van der Waals surface area contributed by atoms with E-state index >= 15 is 0 Å². The molecule has 3 heterocycles. The maximum Gasteiger partial charge on any atom is 0.316 e. The molecule has 2 fully saturated rings. The minimum absolute atomic E-state index is 0.0451. The van der Waals surface area contributed by atoms with Crippen molar-refractivity contribution in [1.82, 2.24) is 24.4 Å². The topological polar surface area (TPSA) is 90.2 Å². The lowest BCUT2D eigenvalue weighted by molar-refractivity contribution is -0.134. The Morgan fingerprint density at radius 3 is 2.70 bits per heavy atom. The van der Waals surface area contributed by atoms with Gasteiger partial charge < -0.3 is 9.64 Å². The van der Waals surface area contributed by atoms with E-state index in [-0.39, 0.29) is 30.1 Å². The second kappa shape index (κ2) is 7.42. The quantitative estimate of drug-likeness (QED) is 0.780. The lowest BCUT2D eigenvalue weighted by Gasteiger charge is -2.32. The van der Waals surface area contributed by atoms with Gasteiger partial charge in [-0.3, -0.25) is 14.2 Å². The second-order valence-corrected chi connectivity index (χ2v) is 6.96. The summed E-state index contributed by atoms with van der Waals surface area (Å²) in [5.41, 5.74) is 0.610. The van der Waals surface area contributed by atoms with Crippen LogP contribution in [0.3, 0.4) is 0 Å². The summed E-state index contributed by atoms with van der Waals surface area (Å²) in [4.78, 5) is 38.3. The maximum absolute atomic E-state index is 12.9. The zero-order valence-corrected chi connectivity index (χ0v) is 14.8. The smallest absolute Gasteiger partial charge is 0.316 e. The van der Waals surface area contributed by atoms with Crippen LogP contribution in [-0.4, -0.2) is 49.5 Å². The number of nitrogens with zero attached hydrogens (tertiary/aromatic N) is 5. The lowest BCUT2D eigenvalue weighted by Crippen LogP contribution is -2.46. The highest BCUT2D eigenvalue weighted by Crippen LogP contribution is 2.38. The van der Waals surface area contributed by atoms with Gasteiger partial charge in [0.05, 0.1) is 31.0 Å². The minimum atomic E-state index is -0.533. The maximum atomic E-state index is 12.9. The van der Waals surface area contributed by atoms with Crippen LogP contribution in [0.2, 0.25) is 0 Å². The molecule has 1 unspecified atom stereocenters. The van der Waals surface area contributed by atoms with Crippen LogP contribution in [0, 0.1) is 5.82 Å². The van der Waals surface area contributed by atoms with Gasteiger partial charge in [-0.1, -0.05) is 0 Å². The van der Waals surface area contributed by atoms with E-state index in [0.29, 0.717) is 19.0 Å². The molecule has 1 aliphatic heterocycles. The third-order valence-electron chi connectivity index (χ3n) is 4.80. The fourth-order valence-corrected chi connectivity index (χ4v) is 3.18. The van der Waals surface area contributed by atoms with Crippen LogP contribution in [0.4, 0.5) is 4.39 Å². The molecule has 0 N–H and O–H groups in total. The van der Waals surface area contributed by atoms with E-state index in [1.165, 1.54) is 17.0 Å². The third-order valence-corrected chi connectivity index (χ3v) is 4.80. The van der Waals surface area contributed by atoms with Crippen LogP contribution in [-0.2, 0) is 11.3 Å². The first kappa shape index (κ1) is 17.6. The number of halogens is 1. The fraction of sp³-hybridized carbons (Fsp3) is 0.500. The largest absolute Gasteiger partial charge is 0.458 e. The first-order valence-electron chi connectivity index (χ1n) is 9.07. The van der Waals surface area contributed by atoms with Crippen molar-refractivity contribution in [3.05, 3.63) is 46.7 Å². The Morgan fingerprint density at radius 2 is 2.00 bits per heavy atom. The van der Waals surface area contributed by atoms with Crippen LogP contribution in [0.25, 0.3) is 0 Å². The average Bonchev–Trinajstić information content (AvgIpc) is 3.51. The Bertz CT molecular complexity index is 881. The third kappa shape index (κ3) is 4.29. The summed E-state index contributed by atoms with van der Waals surface area (Å²) >= 11 is 0. The van der Waals surface area contributed by atoms with Crippen LogP contribution >= 0.6 is 0 Å². The number of carbonyl (C=O) groups is 1. The van der Waals surface area contributed by atoms with Crippen molar-refractivity contribution >= 4 is 5.91 Å². The Kier molecular flexibility index (Phi) is 4.83. The molecule has 9 heteroatoms. The molecule has 0 aromatic carbocycles. The molecule has 2 aromatic rings. The molecular weight excluding hydrogens is 353 g/mol. The van der Waals surface area contributed by atoms with Crippen molar-refractivity contribution in [2.45, 2.75) is 44.2 Å². The van der Waals surface area contributed by atoms with Gasteiger partial charge in [-0.05, 0) is 25.7 Å². The molecule has 0 radical (unpaired) electrons. The number of hydrogen-bond donors (Lipinski definition) is 0. The van der Waals surface area contributed by atoms with Gasteiger partial charge in [0.2, 0.25) is 5.91 Å². The van der Waals surface area contributed by atoms with Gasteiger partial charge in [0.1, 0.15) is 12.6 Å². The average molecular weight is 373 g/mol. The molecule has 1 saturated carbocycles. The molecule has 1 atom stereocenters. The fourth-order valence-electron chi connectivity index (χ4n) is 3.18. The Hall–Kier alpha value is -2.84. The zero-order valence-electron chi connectivity index (χ0n) is 14.8. The summed E-state index contributed by atoms with van der Waals surface area (Å²) in [5, 5.41) is 0. The number of rotatable bonds is 5. The highest BCUT2D eigenvalue weighted by Gasteiger charge is 2.27. The number of carbonyl (C=O) groups excluding carboxylic acids is 1. The summed E-state index contributed by atoms with van der Waals surface area (Å²) in [5.74, 6) is -0.294. The first-order valence-corrected chi connectivity index (χ1v) is 9.07. The number of amides is 1. The van der Waals surface area contributed by atoms with Crippen molar-refractivity contribution < 1.29 is 13.9 Å². The Labute approximate surface area is 155 Å². The number of aromatic nitrogens is 4. The van der Waals surface area contributed by atoms with Crippen molar-refractivity contribution in [3.8, 4) is 6.01 Å². The summed E-state index contributed by atoms with van der Waals surface area (Å²) in [6, 6.07) is 1.62. The second-order valence-electron chi connectivity index (χ2n) is 6.96. The van der Waals surface area contributed by atoms with Crippen molar-refractivity contribution in [1.29, 1.82) is 0 Å². The van der Waals surface area contributed by atoms with E-state index in [1.54, 1.807) is 4.90 Å². The van der Waals surface area contributed by atoms with E-state index in [2.05, 4.69) is 15.0 Å². The molecule has 1 aliphatic carbocycles. The molecule has 8 nitrogen and oxygen atoms in total. The van der Waals surface area contributed by atoms with Gasteiger partial charge in [-0.15, -0.1) is 0 Å². The summed E-state index contributed by atoms with van der Waals surface area (Å²) < 4.78 is 19.9. The highest BCUT2D eigenvalue weighted by molar-refractivity contribution is 5.76. The van der Waals surface area contributed by atoms with Crippen molar-refractivity contribution in [3.63, 3.8) is 0 Å². The van der Waals surface area contributed by atoms with Gasteiger partial charge in [-0.2, -0.15) is 0 Å². The molecule has 2 aromatic heterocycles. The van der Waals surface area contributed by atoms with E-state index in [9.17, 15) is 14.0 Å². The van der Waals surface area contributed by atoms with Gasteiger partial charge in [0, 0.05) is 18.5 Å². The van der Waals surface area contributed by atoms with E-state index in [0.717, 1.165) is 43.8 Å². The summed E-state index contributed by atoms with van der Waals surface area (Å²) in [7, 11) is 0. The van der Waals surface area contributed by atoms with Crippen LogP contribution in [0.1, 0.15) is 37.3 Å². The van der Waals surface area contributed by atoms with Crippen LogP contribution in [0.15, 0.2) is 29.6 Å². The van der Waals surface area contributed by atoms with Gasteiger partial charge in [0.15, 0.2) is 5.82 Å². The zero-order chi connectivity index (χ0) is 18.8. The number of likely N-dealkylation sites (tertiary alicyclic amines) is 1. The predicted octanol–water partition coefficient (Wildman–Crippen LogP) is 1.12. The van der Waals surface area contributed by atoms with Crippen LogP contribution < -0.4 is 10.3 Å². The molecule has 27 heavy (non-hydrogen) atoms. The molecular formula is C18H20FN5O3. The van der Waals surface area contributed by atoms with Gasteiger partial charge >= 0.3 is 6.01 Å². The predicted molar refractivity (Wildman–Crippen MR) is 92.7 cm³/mol. The van der Waals surface area contributed by atoms with Crippen molar-refractivity contribution in [2.24, 2.45) is 0 Å². The van der Waals surface area contributed by atoms with E-state index in [4.69, 9.17) is 4.74 Å². The number of ether oxygens (including phenoxy) is 1. The molecule has 4 rings (SSSR count). The molecule has 142 valence electrons. The lowest BCUT2D eigenvalue weighted by atomic mass is 10.1. The van der Waals surface area contributed by atoms with E-state index in [1.807, 2.05) is 0 Å². The minimum Gasteiger partial charge on any atom is -0.458 e. The van der Waals surface area contributed by atoms with Crippen molar-refractivity contribution in [2.75, 3.05) is 13.1 Å². The van der Waals surface area contributed by atoms with Gasteiger partial charge in [-0.25, -0.2) is 19.3 Å². The molecule has 1 saturated heterocycles. The summed E-state index contributed by atoms with van der Waals surface area (Å²) in [6.45, 7) is 0.934. The van der Waals surface area contributed by atoms with E-state index < -0.39 is 5.82 Å². The summed E-state index contributed by atoms with van der Waals surface area (Å²) in [6.07, 6.45) is 6.94. The monoisotopic (exact) mass is 373 g/mol. The molecule has 0 bridgehead atoms. The molecule has 1 amide bonds. The standard InChI is InChI=1S/C18H20FN5O3/c19-13-7-20-18(21-8-13)27-14-2-1-5-23(9-14)17(26)10-24-11-22-15(6-16(24)25)12-3-4-12/h6-8,11-12,14H,1-5,9-10H2. The molecule has 2 aliphatic rings.